The minimum Gasteiger partial charge on any atom is -0.399 e. The molecule has 2 aromatic rings. The number of nitrogens with zero attached hydrogens (tertiary/aromatic N) is 1. The van der Waals surface area contributed by atoms with Gasteiger partial charge in [-0.2, -0.15) is 0 Å². The van der Waals surface area contributed by atoms with Crippen LogP contribution in [0.2, 0.25) is 0 Å². The van der Waals surface area contributed by atoms with Gasteiger partial charge in [0.25, 0.3) is 0 Å². The predicted octanol–water partition coefficient (Wildman–Crippen LogP) is 2.76. The summed E-state index contributed by atoms with van der Waals surface area (Å²) >= 11 is 0. The van der Waals surface area contributed by atoms with Crippen molar-refractivity contribution in [1.29, 1.82) is 0 Å². The molecule has 0 aliphatic carbocycles. The van der Waals surface area contributed by atoms with Gasteiger partial charge >= 0.3 is 6.36 Å². The van der Waals surface area contributed by atoms with E-state index in [9.17, 15) is 13.2 Å². The molecule has 92 valence electrons. The van der Waals surface area contributed by atoms with E-state index >= 15 is 0 Å². The third-order valence-electron chi connectivity index (χ3n) is 2.39. The number of anilines is 1. The molecule has 0 aliphatic heterocycles. The Morgan fingerprint density at radius 1 is 1.24 bits per heavy atom. The van der Waals surface area contributed by atoms with Crippen molar-refractivity contribution in [3.05, 3.63) is 30.5 Å². The lowest BCUT2D eigenvalue weighted by molar-refractivity contribution is -0.325. The van der Waals surface area contributed by atoms with Gasteiger partial charge in [0.2, 0.25) is 0 Å². The second kappa shape index (κ2) is 4.29. The van der Waals surface area contributed by atoms with Crippen LogP contribution in [0.4, 0.5) is 18.9 Å². The lowest BCUT2D eigenvalue weighted by Crippen LogP contribution is -2.17. The van der Waals surface area contributed by atoms with Crippen molar-refractivity contribution < 1.29 is 17.9 Å². The summed E-state index contributed by atoms with van der Waals surface area (Å²) in [6.07, 6.45) is -2.86. The molecule has 6 heteroatoms. The highest BCUT2D eigenvalue weighted by Crippen LogP contribution is 2.20. The summed E-state index contributed by atoms with van der Waals surface area (Å²) in [6, 6.07) is 7.07. The van der Waals surface area contributed by atoms with E-state index in [1.807, 2.05) is 0 Å². The van der Waals surface area contributed by atoms with Crippen LogP contribution < -0.4 is 5.73 Å². The van der Waals surface area contributed by atoms with Gasteiger partial charge in [-0.25, -0.2) is 0 Å². The lowest BCUT2D eigenvalue weighted by atomic mass is 10.2. The fourth-order valence-corrected chi connectivity index (χ4v) is 1.67. The fraction of sp³-hybridized carbons (Fsp3) is 0.273. The van der Waals surface area contributed by atoms with Gasteiger partial charge in [0.15, 0.2) is 0 Å². The van der Waals surface area contributed by atoms with Crippen LogP contribution >= 0.6 is 0 Å². The maximum absolute atomic E-state index is 11.8. The molecule has 17 heavy (non-hydrogen) atoms. The van der Waals surface area contributed by atoms with Gasteiger partial charge in [0, 0.05) is 29.3 Å². The third kappa shape index (κ3) is 2.91. The molecule has 1 aromatic heterocycles. The number of nitrogens with two attached hydrogens (primary N) is 1. The molecule has 0 amide bonds. The van der Waals surface area contributed by atoms with E-state index in [0.29, 0.717) is 5.69 Å². The van der Waals surface area contributed by atoms with Crippen LogP contribution in [0.3, 0.4) is 0 Å². The average Bonchev–Trinajstić information content (AvgIpc) is 2.59. The van der Waals surface area contributed by atoms with E-state index in [2.05, 4.69) is 4.74 Å². The van der Waals surface area contributed by atoms with Crippen molar-refractivity contribution in [3.63, 3.8) is 0 Å². The molecule has 2 rings (SSSR count). The van der Waals surface area contributed by atoms with E-state index in [0.717, 1.165) is 10.9 Å². The molecule has 0 saturated heterocycles. The number of aromatic nitrogens is 1. The highest BCUT2D eigenvalue weighted by atomic mass is 19.4. The Morgan fingerprint density at radius 3 is 2.71 bits per heavy atom. The van der Waals surface area contributed by atoms with Gasteiger partial charge in [-0.1, -0.05) is 0 Å². The van der Waals surface area contributed by atoms with Crippen molar-refractivity contribution in [2.45, 2.75) is 12.9 Å². The van der Waals surface area contributed by atoms with Crippen LogP contribution in [0, 0.1) is 0 Å². The Kier molecular flexibility index (Phi) is 2.97. The Bertz CT molecular complexity index is 519. The zero-order valence-corrected chi connectivity index (χ0v) is 8.87. The Hall–Kier alpha value is -1.69. The molecule has 0 bridgehead atoms. The van der Waals surface area contributed by atoms with E-state index in [-0.39, 0.29) is 6.54 Å². The molecule has 1 heterocycles. The third-order valence-corrected chi connectivity index (χ3v) is 2.39. The number of ether oxygens (including phenoxy) is 1. The highest BCUT2D eigenvalue weighted by molar-refractivity contribution is 5.83. The number of hydrogen-bond acceptors (Lipinski definition) is 2. The molecule has 0 atom stereocenters. The predicted molar refractivity (Wildman–Crippen MR) is 58.4 cm³/mol. The number of alkyl halides is 3. The zero-order valence-electron chi connectivity index (χ0n) is 8.87. The second-order valence-electron chi connectivity index (χ2n) is 3.62. The van der Waals surface area contributed by atoms with Crippen molar-refractivity contribution in [1.82, 2.24) is 4.57 Å². The molecular weight excluding hydrogens is 233 g/mol. The monoisotopic (exact) mass is 244 g/mol. The van der Waals surface area contributed by atoms with Crippen molar-refractivity contribution in [2.24, 2.45) is 0 Å². The van der Waals surface area contributed by atoms with E-state index in [4.69, 9.17) is 5.73 Å². The first-order valence-corrected chi connectivity index (χ1v) is 5.01. The first kappa shape index (κ1) is 11.8. The first-order chi connectivity index (χ1) is 7.96. The normalized spacial score (nSPS) is 12.2. The van der Waals surface area contributed by atoms with Crippen LogP contribution in [0.15, 0.2) is 30.5 Å². The molecule has 0 fully saturated rings. The van der Waals surface area contributed by atoms with Crippen molar-refractivity contribution in [2.75, 3.05) is 12.3 Å². The standard InChI is InChI=1S/C11H11F3N2O/c12-11(13,14)17-6-5-16-4-3-8-7-9(15)1-2-10(8)16/h1-4,7H,5-6,15H2. The van der Waals surface area contributed by atoms with E-state index in [1.165, 1.54) is 0 Å². The molecule has 0 aliphatic rings. The van der Waals surface area contributed by atoms with Gasteiger partial charge in [0.1, 0.15) is 0 Å². The summed E-state index contributed by atoms with van der Waals surface area (Å²) < 4.78 is 40.8. The Labute approximate surface area is 95.6 Å². The van der Waals surface area contributed by atoms with Gasteiger partial charge in [-0.15, -0.1) is 13.2 Å². The summed E-state index contributed by atoms with van der Waals surface area (Å²) in [6.45, 7) is -0.259. The Morgan fingerprint density at radius 2 is 2.00 bits per heavy atom. The molecule has 3 nitrogen and oxygen atoms in total. The van der Waals surface area contributed by atoms with Gasteiger partial charge in [-0.05, 0) is 24.3 Å². The molecule has 0 spiro atoms. The number of rotatable bonds is 3. The first-order valence-electron chi connectivity index (χ1n) is 5.01. The van der Waals surface area contributed by atoms with Crippen molar-refractivity contribution in [3.8, 4) is 0 Å². The average molecular weight is 244 g/mol. The minimum absolute atomic E-state index is 0.146. The van der Waals surface area contributed by atoms with Gasteiger partial charge in [0.05, 0.1) is 6.61 Å². The van der Waals surface area contributed by atoms with Crippen LogP contribution in [0.5, 0.6) is 0 Å². The van der Waals surface area contributed by atoms with Crippen LogP contribution in [-0.2, 0) is 11.3 Å². The molecular formula is C11H11F3N2O. The number of benzene rings is 1. The van der Waals surface area contributed by atoms with Gasteiger partial charge < -0.3 is 10.3 Å². The molecule has 1 aromatic carbocycles. The lowest BCUT2D eigenvalue weighted by Gasteiger charge is -2.09. The highest BCUT2D eigenvalue weighted by Gasteiger charge is 2.28. The van der Waals surface area contributed by atoms with Crippen molar-refractivity contribution >= 4 is 16.6 Å². The minimum atomic E-state index is -4.58. The SMILES string of the molecule is Nc1ccc2c(ccn2CCOC(F)(F)F)c1. The van der Waals surface area contributed by atoms with Crippen LogP contribution in [-0.4, -0.2) is 17.5 Å². The smallest absolute Gasteiger partial charge is 0.399 e. The molecule has 0 unspecified atom stereocenters. The number of nitrogen functional groups attached to an aromatic ring is 1. The molecule has 0 saturated carbocycles. The second-order valence-corrected chi connectivity index (χ2v) is 3.62. The summed E-state index contributed by atoms with van der Waals surface area (Å²) in [5, 5.41) is 0.900. The fourth-order valence-electron chi connectivity index (χ4n) is 1.67. The zero-order chi connectivity index (χ0) is 12.5. The van der Waals surface area contributed by atoms with E-state index in [1.54, 1.807) is 35.0 Å². The summed E-state index contributed by atoms with van der Waals surface area (Å²) in [5.74, 6) is 0. The molecule has 2 N–H and O–H groups in total. The van der Waals surface area contributed by atoms with Gasteiger partial charge in [-0.3, -0.25) is 4.74 Å². The quantitative estimate of drug-likeness (QED) is 0.843. The Balaban J connectivity index is 2.09. The maximum Gasteiger partial charge on any atom is 0.522 e. The van der Waals surface area contributed by atoms with Crippen LogP contribution in [0.25, 0.3) is 10.9 Å². The van der Waals surface area contributed by atoms with E-state index < -0.39 is 13.0 Å². The number of halogens is 3. The summed E-state index contributed by atoms with van der Waals surface area (Å²) in [4.78, 5) is 0. The molecule has 0 radical (unpaired) electrons. The summed E-state index contributed by atoms with van der Waals surface area (Å²) in [5.41, 5.74) is 7.07. The maximum atomic E-state index is 11.8. The largest absolute Gasteiger partial charge is 0.522 e. The topological polar surface area (TPSA) is 40.2 Å². The number of fused-ring (bicyclic) bond motifs is 1. The number of hydrogen-bond donors (Lipinski definition) is 1. The summed E-state index contributed by atoms with van der Waals surface area (Å²) in [7, 11) is 0. The van der Waals surface area contributed by atoms with Crippen LogP contribution in [0.1, 0.15) is 0 Å².